The first-order chi connectivity index (χ1) is 14.6. The maximum absolute atomic E-state index is 12.8. The third-order valence-corrected chi connectivity index (χ3v) is 4.87. The highest BCUT2D eigenvalue weighted by Crippen LogP contribution is 2.19. The van der Waals surface area contributed by atoms with Crippen molar-refractivity contribution in [2.45, 2.75) is 44.3 Å². The summed E-state index contributed by atoms with van der Waals surface area (Å²) < 4.78 is 0. The lowest BCUT2D eigenvalue weighted by atomic mass is 10.1. The van der Waals surface area contributed by atoms with Gasteiger partial charge in [-0.15, -0.1) is 0 Å². The number of nitrogens with zero attached hydrogens (tertiary/aromatic N) is 1. The van der Waals surface area contributed by atoms with Crippen molar-refractivity contribution in [3.63, 3.8) is 0 Å². The Labute approximate surface area is 177 Å². The molecule has 0 bridgehead atoms. The molecule has 1 heterocycles. The molecule has 0 saturated carbocycles. The van der Waals surface area contributed by atoms with E-state index in [0.29, 0.717) is 19.1 Å². The van der Waals surface area contributed by atoms with Crippen LogP contribution in [0, 0.1) is 0 Å². The number of carboxylic acid groups (broad SMARTS) is 1. The Hall–Kier alpha value is -3.76. The largest absolute Gasteiger partial charge is 0.481 e. The summed E-state index contributed by atoms with van der Waals surface area (Å²) in [7, 11) is 0. The standard InChI is InChI=1S/C20H24N4O7/c1-11(22-18(29)13-6-4-12(5-7-13)17(21)28)20(31)24-8-2-3-15(24)19(30)23-14(10-25)9-16(26)27/h4-7,10-11,14-15H,2-3,8-9H2,1H3,(H2,21,28)(H,22,29)(H,23,30)(H,26,27). The van der Waals surface area contributed by atoms with Crippen molar-refractivity contribution >= 4 is 35.9 Å². The molecule has 5 N–H and O–H groups in total. The predicted molar refractivity (Wildman–Crippen MR) is 107 cm³/mol. The molecule has 2 rings (SSSR count). The van der Waals surface area contributed by atoms with Crippen molar-refractivity contribution in [1.29, 1.82) is 0 Å². The van der Waals surface area contributed by atoms with Gasteiger partial charge in [-0.05, 0) is 44.0 Å². The SMILES string of the molecule is CC(NC(=O)c1ccc(C(N)=O)cc1)C(=O)N1CCCC1C(=O)NC(C=O)CC(=O)O. The summed E-state index contributed by atoms with van der Waals surface area (Å²) in [5, 5.41) is 13.7. The fraction of sp³-hybridized carbons (Fsp3) is 0.400. The Morgan fingerprint density at radius 3 is 2.32 bits per heavy atom. The minimum absolute atomic E-state index is 0.225. The first-order valence-corrected chi connectivity index (χ1v) is 9.62. The number of amides is 4. The lowest BCUT2D eigenvalue weighted by molar-refractivity contribution is -0.141. The van der Waals surface area contributed by atoms with Gasteiger partial charge in [0.1, 0.15) is 18.4 Å². The van der Waals surface area contributed by atoms with Crippen molar-refractivity contribution in [2.75, 3.05) is 6.54 Å². The zero-order valence-corrected chi connectivity index (χ0v) is 16.9. The highest BCUT2D eigenvalue weighted by atomic mass is 16.4. The van der Waals surface area contributed by atoms with Gasteiger partial charge in [0.2, 0.25) is 17.7 Å². The number of aliphatic carboxylic acids is 1. The monoisotopic (exact) mass is 432 g/mol. The lowest BCUT2D eigenvalue weighted by Crippen LogP contribution is -2.54. The minimum Gasteiger partial charge on any atom is -0.481 e. The van der Waals surface area contributed by atoms with Crippen LogP contribution in [0.3, 0.4) is 0 Å². The molecular weight excluding hydrogens is 408 g/mol. The van der Waals surface area contributed by atoms with E-state index in [1.54, 1.807) is 0 Å². The van der Waals surface area contributed by atoms with E-state index >= 15 is 0 Å². The summed E-state index contributed by atoms with van der Waals surface area (Å²) in [6, 6.07) is 2.59. The van der Waals surface area contributed by atoms with E-state index in [4.69, 9.17) is 10.8 Å². The molecule has 1 aliphatic heterocycles. The van der Waals surface area contributed by atoms with Gasteiger partial charge < -0.3 is 31.2 Å². The first-order valence-electron chi connectivity index (χ1n) is 9.62. The maximum Gasteiger partial charge on any atom is 0.305 e. The van der Waals surface area contributed by atoms with Crippen LogP contribution in [-0.4, -0.2) is 70.6 Å². The number of carbonyl (C=O) groups excluding carboxylic acids is 5. The number of nitrogens with one attached hydrogen (secondary N) is 2. The van der Waals surface area contributed by atoms with Gasteiger partial charge >= 0.3 is 5.97 Å². The van der Waals surface area contributed by atoms with Gasteiger partial charge in [-0.3, -0.25) is 24.0 Å². The van der Waals surface area contributed by atoms with Crippen molar-refractivity contribution in [3.05, 3.63) is 35.4 Å². The number of rotatable bonds is 9. The normalized spacial score (nSPS) is 17.3. The van der Waals surface area contributed by atoms with Crippen LogP contribution < -0.4 is 16.4 Å². The zero-order chi connectivity index (χ0) is 23.1. The average Bonchev–Trinajstić information content (AvgIpc) is 3.22. The summed E-state index contributed by atoms with van der Waals surface area (Å²) in [6.45, 7) is 1.76. The summed E-state index contributed by atoms with van der Waals surface area (Å²) in [4.78, 5) is 71.9. The van der Waals surface area contributed by atoms with Gasteiger partial charge in [0.25, 0.3) is 5.91 Å². The molecule has 11 nitrogen and oxygen atoms in total. The van der Waals surface area contributed by atoms with Crippen LogP contribution in [0.2, 0.25) is 0 Å². The Kier molecular flexibility index (Phi) is 7.83. The summed E-state index contributed by atoms with van der Waals surface area (Å²) in [5.41, 5.74) is 5.62. The van der Waals surface area contributed by atoms with Crippen molar-refractivity contribution in [1.82, 2.24) is 15.5 Å². The molecule has 1 aromatic rings. The van der Waals surface area contributed by atoms with Crippen LogP contribution in [0.15, 0.2) is 24.3 Å². The number of primary amides is 1. The number of aldehydes is 1. The van der Waals surface area contributed by atoms with Crippen LogP contribution in [0.25, 0.3) is 0 Å². The average molecular weight is 432 g/mol. The molecule has 3 unspecified atom stereocenters. The van der Waals surface area contributed by atoms with E-state index in [1.807, 2.05) is 0 Å². The van der Waals surface area contributed by atoms with Gasteiger partial charge in [-0.25, -0.2) is 0 Å². The van der Waals surface area contributed by atoms with Gasteiger partial charge in [-0.1, -0.05) is 0 Å². The molecular formula is C20H24N4O7. The van der Waals surface area contributed by atoms with Crippen molar-refractivity contribution in [2.24, 2.45) is 5.73 Å². The lowest BCUT2D eigenvalue weighted by Gasteiger charge is -2.27. The van der Waals surface area contributed by atoms with Crippen LogP contribution in [0.1, 0.15) is 46.9 Å². The Balaban J connectivity index is 2.00. The quantitative estimate of drug-likeness (QED) is 0.364. The molecule has 31 heavy (non-hydrogen) atoms. The van der Waals surface area contributed by atoms with E-state index in [1.165, 1.54) is 36.1 Å². The van der Waals surface area contributed by atoms with Gasteiger partial charge in [0.05, 0.1) is 12.5 Å². The topological polar surface area (TPSA) is 176 Å². The molecule has 0 aliphatic carbocycles. The van der Waals surface area contributed by atoms with Crippen molar-refractivity contribution < 1.29 is 33.9 Å². The third kappa shape index (κ3) is 6.11. The molecule has 1 aromatic carbocycles. The van der Waals surface area contributed by atoms with Gasteiger partial charge in [0.15, 0.2) is 0 Å². The Morgan fingerprint density at radius 2 is 1.77 bits per heavy atom. The molecule has 0 radical (unpaired) electrons. The number of carboxylic acids is 1. The molecule has 0 aromatic heterocycles. The summed E-state index contributed by atoms with van der Waals surface area (Å²) >= 11 is 0. The first kappa shape index (κ1) is 23.5. The fourth-order valence-electron chi connectivity index (χ4n) is 3.28. The number of likely N-dealkylation sites (tertiary alicyclic amines) is 1. The fourth-order valence-corrected chi connectivity index (χ4v) is 3.28. The summed E-state index contributed by atoms with van der Waals surface area (Å²) in [6.07, 6.45) is 0.672. The number of benzene rings is 1. The van der Waals surface area contributed by atoms with Crippen molar-refractivity contribution in [3.8, 4) is 0 Å². The molecule has 4 amide bonds. The Morgan fingerprint density at radius 1 is 1.16 bits per heavy atom. The Bertz CT molecular complexity index is 884. The molecule has 0 spiro atoms. The second kappa shape index (κ2) is 10.3. The van der Waals surface area contributed by atoms with E-state index in [9.17, 15) is 28.8 Å². The van der Waals surface area contributed by atoms with Gasteiger partial charge in [-0.2, -0.15) is 0 Å². The second-order valence-electron chi connectivity index (χ2n) is 7.18. The maximum atomic E-state index is 12.8. The minimum atomic E-state index is -1.24. The van der Waals surface area contributed by atoms with Crippen LogP contribution in [0.5, 0.6) is 0 Å². The zero-order valence-electron chi connectivity index (χ0n) is 16.9. The molecule has 1 aliphatic rings. The van der Waals surface area contributed by atoms with E-state index in [-0.39, 0.29) is 17.7 Å². The van der Waals surface area contributed by atoms with E-state index in [0.717, 1.165) is 0 Å². The smallest absolute Gasteiger partial charge is 0.305 e. The highest BCUT2D eigenvalue weighted by molar-refractivity contribution is 6.00. The second-order valence-corrected chi connectivity index (χ2v) is 7.18. The molecule has 1 fully saturated rings. The van der Waals surface area contributed by atoms with Crippen LogP contribution >= 0.6 is 0 Å². The predicted octanol–water partition coefficient (Wildman–Crippen LogP) is -0.947. The molecule has 11 heteroatoms. The van der Waals surface area contributed by atoms with E-state index in [2.05, 4.69) is 10.6 Å². The van der Waals surface area contributed by atoms with Crippen LogP contribution in [0.4, 0.5) is 0 Å². The van der Waals surface area contributed by atoms with Crippen LogP contribution in [-0.2, 0) is 19.2 Å². The van der Waals surface area contributed by atoms with E-state index < -0.39 is 54.1 Å². The number of nitrogens with two attached hydrogens (primary N) is 1. The molecule has 166 valence electrons. The number of hydrogen-bond acceptors (Lipinski definition) is 6. The third-order valence-electron chi connectivity index (χ3n) is 4.87. The molecule has 3 atom stereocenters. The number of hydrogen-bond donors (Lipinski definition) is 4. The number of carbonyl (C=O) groups is 6. The summed E-state index contributed by atoms with van der Waals surface area (Å²) in [5.74, 6) is -3.52. The highest BCUT2D eigenvalue weighted by Gasteiger charge is 2.37. The molecule has 1 saturated heterocycles. The van der Waals surface area contributed by atoms with Gasteiger partial charge in [0, 0.05) is 17.7 Å².